The third-order valence-electron chi connectivity index (χ3n) is 7.42. The summed E-state index contributed by atoms with van der Waals surface area (Å²) in [4.78, 5) is 22.5. The van der Waals surface area contributed by atoms with Crippen molar-refractivity contribution in [3.8, 4) is 0 Å². The molecule has 0 saturated heterocycles. The Bertz CT molecular complexity index is 657. The number of rotatable bonds is 32. The van der Waals surface area contributed by atoms with Crippen LogP contribution in [0.1, 0.15) is 149 Å². The van der Waals surface area contributed by atoms with E-state index in [9.17, 15) is 14.3 Å². The summed E-state index contributed by atoms with van der Waals surface area (Å²) < 4.78 is 34.6. The number of hydrogen-bond acceptors (Lipinski definition) is 6. The largest absolute Gasteiger partial charge is 0.472 e. The average Bonchev–Trinajstić information content (AvgIpc) is 2.92. The number of likely N-dealkylation sites (N-methyl/N-ethyl adjacent to an activating group) is 1. The molecule has 0 aromatic heterocycles. The smallest absolute Gasteiger partial charge is 0.457 e. The van der Waals surface area contributed by atoms with Gasteiger partial charge in [-0.1, -0.05) is 129 Å². The highest BCUT2D eigenvalue weighted by Crippen LogP contribution is 2.43. The lowest BCUT2D eigenvalue weighted by molar-refractivity contribution is -0.870. The van der Waals surface area contributed by atoms with E-state index >= 15 is 0 Å². The molecule has 0 fully saturated rings. The fourth-order valence-electron chi connectivity index (χ4n) is 4.67. The molecule has 42 heavy (non-hydrogen) atoms. The summed E-state index contributed by atoms with van der Waals surface area (Å²) in [6, 6.07) is 0. The summed E-state index contributed by atoms with van der Waals surface area (Å²) in [5.74, 6) is -0.319. The SMILES string of the molecule is CCCCCCCCCCCCCCCOCC(COP(=O)(O)OCC[N+](C)(C)C)OC(=O)CCCCCCCCC. The van der Waals surface area contributed by atoms with Crippen molar-refractivity contribution < 1.29 is 37.3 Å². The average molecular weight is 623 g/mol. The van der Waals surface area contributed by atoms with E-state index in [1.165, 1.54) is 96.3 Å². The molecule has 0 heterocycles. The Labute approximate surface area is 259 Å². The first-order valence-electron chi connectivity index (χ1n) is 17.3. The van der Waals surface area contributed by atoms with E-state index in [4.69, 9.17) is 18.5 Å². The normalized spacial score (nSPS) is 14.1. The minimum Gasteiger partial charge on any atom is -0.457 e. The summed E-state index contributed by atoms with van der Waals surface area (Å²) in [7, 11) is 1.67. The number of hydrogen-bond donors (Lipinski definition) is 1. The molecular weight excluding hydrogens is 553 g/mol. The number of quaternary nitrogens is 1. The number of esters is 1. The van der Waals surface area contributed by atoms with Gasteiger partial charge >= 0.3 is 13.8 Å². The maximum Gasteiger partial charge on any atom is 0.472 e. The third-order valence-corrected chi connectivity index (χ3v) is 8.40. The molecule has 0 amide bonds. The Morgan fingerprint density at radius 3 is 1.57 bits per heavy atom. The van der Waals surface area contributed by atoms with Crippen molar-refractivity contribution in [2.24, 2.45) is 0 Å². The fourth-order valence-corrected chi connectivity index (χ4v) is 5.41. The molecule has 0 saturated carbocycles. The molecule has 0 rings (SSSR count). The Kier molecular flexibility index (Phi) is 27.7. The predicted octanol–water partition coefficient (Wildman–Crippen LogP) is 8.99. The Morgan fingerprint density at radius 1 is 0.643 bits per heavy atom. The molecule has 2 unspecified atom stereocenters. The van der Waals surface area contributed by atoms with Crippen LogP contribution >= 0.6 is 7.82 Å². The molecule has 2 atom stereocenters. The lowest BCUT2D eigenvalue weighted by atomic mass is 10.0. The van der Waals surface area contributed by atoms with Gasteiger partial charge in [0.05, 0.1) is 34.4 Å². The first kappa shape index (κ1) is 41.5. The van der Waals surface area contributed by atoms with Gasteiger partial charge < -0.3 is 18.9 Å². The molecule has 9 heteroatoms. The lowest BCUT2D eigenvalue weighted by Crippen LogP contribution is -2.37. The zero-order chi connectivity index (χ0) is 31.4. The summed E-state index contributed by atoms with van der Waals surface area (Å²) >= 11 is 0. The second-order valence-corrected chi connectivity index (χ2v) is 14.4. The van der Waals surface area contributed by atoms with Crippen LogP contribution in [-0.2, 0) is 27.9 Å². The van der Waals surface area contributed by atoms with E-state index in [0.717, 1.165) is 32.1 Å². The summed E-state index contributed by atoms with van der Waals surface area (Å²) in [5, 5.41) is 0. The van der Waals surface area contributed by atoms with E-state index in [-0.39, 0.29) is 25.8 Å². The van der Waals surface area contributed by atoms with Crippen LogP contribution in [0.5, 0.6) is 0 Å². The topological polar surface area (TPSA) is 91.3 Å². The number of nitrogens with zero attached hydrogens (tertiary/aromatic N) is 1. The number of carbonyl (C=O) groups excluding carboxylic acids is 1. The first-order chi connectivity index (χ1) is 20.1. The number of ether oxygens (including phenoxy) is 2. The molecule has 0 radical (unpaired) electrons. The van der Waals surface area contributed by atoms with Gasteiger partial charge in [-0.2, -0.15) is 0 Å². The van der Waals surface area contributed by atoms with E-state index in [0.29, 0.717) is 24.1 Å². The predicted molar refractivity (Wildman–Crippen MR) is 174 cm³/mol. The van der Waals surface area contributed by atoms with Crippen LogP contribution < -0.4 is 0 Å². The van der Waals surface area contributed by atoms with Crippen LogP contribution in [0.25, 0.3) is 0 Å². The summed E-state index contributed by atoms with van der Waals surface area (Å²) in [5.41, 5.74) is 0. The molecule has 1 N–H and O–H groups in total. The van der Waals surface area contributed by atoms with Gasteiger partial charge in [0.1, 0.15) is 19.3 Å². The van der Waals surface area contributed by atoms with Crippen LogP contribution in [0.4, 0.5) is 0 Å². The van der Waals surface area contributed by atoms with Gasteiger partial charge in [0.2, 0.25) is 0 Å². The zero-order valence-corrected chi connectivity index (χ0v) is 29.1. The highest BCUT2D eigenvalue weighted by atomic mass is 31.2. The van der Waals surface area contributed by atoms with Crippen LogP contribution in [0.3, 0.4) is 0 Å². The van der Waals surface area contributed by atoms with Crippen LogP contribution in [0.15, 0.2) is 0 Å². The maximum absolute atomic E-state index is 12.5. The van der Waals surface area contributed by atoms with Gasteiger partial charge in [0.15, 0.2) is 0 Å². The number of phosphoric ester groups is 1. The van der Waals surface area contributed by atoms with Crippen molar-refractivity contribution in [3.05, 3.63) is 0 Å². The van der Waals surface area contributed by atoms with Gasteiger partial charge in [-0.15, -0.1) is 0 Å². The van der Waals surface area contributed by atoms with Gasteiger partial charge in [-0.3, -0.25) is 13.8 Å². The standard InChI is InChI=1S/C33H68NO7P/c1-6-8-10-12-14-15-16-17-18-19-21-23-25-28-38-30-32(31-40-42(36,37)39-29-27-34(3,4)5)41-33(35)26-24-22-20-13-11-9-7-2/h32H,6-31H2,1-5H3/p+1. The second-order valence-electron chi connectivity index (χ2n) is 12.9. The van der Waals surface area contributed by atoms with Crippen molar-refractivity contribution in [2.45, 2.75) is 155 Å². The van der Waals surface area contributed by atoms with Crippen molar-refractivity contribution in [3.63, 3.8) is 0 Å². The summed E-state index contributed by atoms with van der Waals surface area (Å²) in [6.07, 6.45) is 24.2. The van der Waals surface area contributed by atoms with E-state index in [1.54, 1.807) is 0 Å². The molecule has 0 aromatic carbocycles. The molecule has 0 aliphatic heterocycles. The van der Waals surface area contributed by atoms with Crippen molar-refractivity contribution >= 4 is 13.8 Å². The number of phosphoric acid groups is 1. The molecule has 0 aliphatic rings. The van der Waals surface area contributed by atoms with E-state index in [2.05, 4.69) is 13.8 Å². The van der Waals surface area contributed by atoms with Crippen LogP contribution in [0.2, 0.25) is 0 Å². The number of unbranched alkanes of at least 4 members (excludes halogenated alkanes) is 18. The minimum atomic E-state index is -4.25. The van der Waals surface area contributed by atoms with E-state index in [1.807, 2.05) is 21.1 Å². The van der Waals surface area contributed by atoms with Crippen LogP contribution in [-0.4, -0.2) is 75.6 Å². The molecule has 0 bridgehead atoms. The highest BCUT2D eigenvalue weighted by Gasteiger charge is 2.26. The second kappa shape index (κ2) is 28.0. The zero-order valence-electron chi connectivity index (χ0n) is 28.3. The van der Waals surface area contributed by atoms with Crippen molar-refractivity contribution in [2.75, 3.05) is 54.1 Å². The maximum atomic E-state index is 12.5. The van der Waals surface area contributed by atoms with Gasteiger partial charge in [0, 0.05) is 13.0 Å². The minimum absolute atomic E-state index is 0.0928. The lowest BCUT2D eigenvalue weighted by Gasteiger charge is -2.24. The van der Waals surface area contributed by atoms with Gasteiger partial charge in [-0.05, 0) is 12.8 Å². The summed E-state index contributed by atoms with van der Waals surface area (Å²) in [6.45, 7) is 5.59. The molecule has 0 aliphatic carbocycles. The van der Waals surface area contributed by atoms with Crippen molar-refractivity contribution in [1.29, 1.82) is 0 Å². The quantitative estimate of drug-likeness (QED) is 0.0346. The van der Waals surface area contributed by atoms with Gasteiger partial charge in [-0.25, -0.2) is 4.57 Å². The van der Waals surface area contributed by atoms with Crippen LogP contribution in [0, 0.1) is 0 Å². The Morgan fingerprint density at radius 2 is 1.10 bits per heavy atom. The Balaban J connectivity index is 4.26. The molecule has 0 aromatic rings. The first-order valence-corrected chi connectivity index (χ1v) is 18.8. The highest BCUT2D eigenvalue weighted by molar-refractivity contribution is 7.47. The molecular formula is C33H69NO7P+. The number of carbonyl (C=O) groups is 1. The third kappa shape index (κ3) is 30.9. The fraction of sp³-hybridized carbons (Fsp3) is 0.970. The molecule has 8 nitrogen and oxygen atoms in total. The van der Waals surface area contributed by atoms with E-state index < -0.39 is 13.9 Å². The monoisotopic (exact) mass is 622 g/mol. The molecule has 0 spiro atoms. The van der Waals surface area contributed by atoms with Crippen molar-refractivity contribution in [1.82, 2.24) is 0 Å². The van der Waals surface area contributed by atoms with Gasteiger partial charge in [0.25, 0.3) is 0 Å². The Hall–Kier alpha value is -0.500. The molecule has 252 valence electrons.